The first-order valence-electron chi connectivity index (χ1n) is 24.6. The highest BCUT2D eigenvalue weighted by Crippen LogP contribution is 2.28. The van der Waals surface area contributed by atoms with Gasteiger partial charge in [0.15, 0.2) is 11.5 Å². The van der Waals surface area contributed by atoms with Crippen molar-refractivity contribution in [2.75, 3.05) is 73.8 Å². The number of alkyl carbamates (subject to hydrolysis) is 1. The van der Waals surface area contributed by atoms with Gasteiger partial charge in [0.05, 0.1) is 49.2 Å². The number of amides is 9. The fourth-order valence-electron chi connectivity index (χ4n) is 7.84. The lowest BCUT2D eigenvalue weighted by Gasteiger charge is -2.30. The van der Waals surface area contributed by atoms with Gasteiger partial charge in [0, 0.05) is 62.2 Å². The van der Waals surface area contributed by atoms with Crippen LogP contribution < -0.4 is 53.0 Å². The number of benzene rings is 2. The van der Waals surface area contributed by atoms with E-state index < -0.39 is 41.9 Å². The summed E-state index contributed by atoms with van der Waals surface area (Å²) in [4.78, 5) is 117. The number of primary amides is 1. The average Bonchev–Trinajstić information content (AvgIpc) is 3.72. The number of hydrogen-bond acceptors (Lipinski definition) is 16. The van der Waals surface area contributed by atoms with E-state index in [9.17, 15) is 38.4 Å². The molecule has 0 unspecified atom stereocenters. The lowest BCUT2D eigenvalue weighted by atomic mass is 10.0. The van der Waals surface area contributed by atoms with Crippen LogP contribution in [0.15, 0.2) is 85.3 Å². The second kappa shape index (κ2) is 28.0. The van der Waals surface area contributed by atoms with E-state index in [1.54, 1.807) is 74.8 Å². The van der Waals surface area contributed by atoms with Crippen molar-refractivity contribution in [1.29, 1.82) is 0 Å². The summed E-state index contributed by atoms with van der Waals surface area (Å²) in [6.07, 6.45) is 8.51. The first kappa shape index (κ1) is 55.6. The Balaban J connectivity index is 0.931. The van der Waals surface area contributed by atoms with Gasteiger partial charge in [0.25, 0.3) is 17.7 Å². The molecule has 24 nitrogen and oxygen atoms in total. The quantitative estimate of drug-likeness (QED) is 0.0331. The molecule has 0 radical (unpaired) electrons. The Kier molecular flexibility index (Phi) is 20.7. The molecular formula is C51H63N13O11. The number of unbranched alkanes of at least 4 members (excludes halogenated alkanes) is 2. The molecule has 75 heavy (non-hydrogen) atoms. The zero-order valence-corrected chi connectivity index (χ0v) is 41.8. The first-order chi connectivity index (χ1) is 36.1. The number of carbonyl (C=O) groups is 8. The summed E-state index contributed by atoms with van der Waals surface area (Å²) in [5.41, 5.74) is 14.5. The van der Waals surface area contributed by atoms with Crippen molar-refractivity contribution in [2.45, 2.75) is 71.1 Å². The Morgan fingerprint density at radius 3 is 2.33 bits per heavy atom. The number of anilines is 4. The molecule has 2 aromatic carbocycles. The minimum atomic E-state index is -1.06. The highest BCUT2D eigenvalue weighted by Gasteiger charge is 2.29. The van der Waals surface area contributed by atoms with E-state index >= 15 is 0 Å². The van der Waals surface area contributed by atoms with Gasteiger partial charge in [0.2, 0.25) is 17.7 Å². The van der Waals surface area contributed by atoms with Crippen molar-refractivity contribution in [1.82, 2.24) is 41.1 Å². The smallest absolute Gasteiger partial charge is 0.407 e. The number of nitrogen functional groups attached to an aromatic ring is 1. The number of aromatic nitrogens is 3. The normalized spacial score (nSPS) is 13.9. The van der Waals surface area contributed by atoms with Crippen LogP contribution >= 0.6 is 0 Å². The number of imide groups is 1. The van der Waals surface area contributed by atoms with Gasteiger partial charge in [-0.1, -0.05) is 44.5 Å². The molecule has 2 aromatic heterocycles. The van der Waals surface area contributed by atoms with Crippen LogP contribution in [0.1, 0.15) is 68.4 Å². The van der Waals surface area contributed by atoms with Crippen molar-refractivity contribution < 1.29 is 52.6 Å². The van der Waals surface area contributed by atoms with Gasteiger partial charge in [0.1, 0.15) is 31.0 Å². The molecule has 4 aromatic rings. The average molecular weight is 1030 g/mol. The SMILES string of the molecule is CC(C)[C@H](NC(=O)CCCCCN1C(=O)C=CC1=O)C(=O)N[C@@H](CCCNC(N)=O)C(=O)Nc1ccc(COC(=O)NCCOc2cccc(-c3cnc(N)c(C(=O)Nc4cnccc4N4CCOCC4)n3)c2)cc1. The van der Waals surface area contributed by atoms with Gasteiger partial charge >= 0.3 is 12.1 Å². The molecule has 2 aliphatic rings. The molecule has 1 saturated heterocycles. The monoisotopic (exact) mass is 1030 g/mol. The van der Waals surface area contributed by atoms with Crippen molar-refractivity contribution in [3.05, 3.63) is 96.6 Å². The van der Waals surface area contributed by atoms with Crippen LogP contribution in [-0.2, 0) is 40.1 Å². The third kappa shape index (κ3) is 17.2. The molecule has 2 aliphatic heterocycles. The first-order valence-corrected chi connectivity index (χ1v) is 24.6. The van der Waals surface area contributed by atoms with Crippen molar-refractivity contribution in [2.24, 2.45) is 11.7 Å². The fraction of sp³-hybridized carbons (Fsp3) is 0.392. The van der Waals surface area contributed by atoms with Gasteiger partial charge in [-0.15, -0.1) is 0 Å². The van der Waals surface area contributed by atoms with Crippen LogP contribution in [0.4, 0.5) is 32.5 Å². The van der Waals surface area contributed by atoms with E-state index in [4.69, 9.17) is 25.7 Å². The second-order valence-corrected chi connectivity index (χ2v) is 17.8. The molecule has 0 bridgehead atoms. The lowest BCUT2D eigenvalue weighted by Crippen LogP contribution is -2.54. The summed E-state index contributed by atoms with van der Waals surface area (Å²) >= 11 is 0. The van der Waals surface area contributed by atoms with Gasteiger partial charge in [-0.25, -0.2) is 19.6 Å². The maximum atomic E-state index is 13.6. The van der Waals surface area contributed by atoms with Crippen LogP contribution in [0.25, 0.3) is 11.3 Å². The summed E-state index contributed by atoms with van der Waals surface area (Å²) in [5, 5.41) is 16.3. The van der Waals surface area contributed by atoms with Gasteiger partial charge in [-0.2, -0.15) is 0 Å². The number of urea groups is 1. The molecule has 0 spiro atoms. The standard InChI is InChI=1S/C51H63N13O11/c1-32(2)44(62-41(65)11-4-3-5-22-64-42(66)16-17-43(64)67)48(69)60-37(10-7-19-55-50(53)71)47(68)58-35-14-12-33(13-15-35)31-75-51(72)56-21-25-74-36-9-6-8-34(28-36)38-30-57-46(52)45(59-38)49(70)61-39-29-54-20-18-40(39)63-23-26-73-27-24-63/h6,8-9,12-18,20,28-30,32,37,44H,3-5,7,10-11,19,21-27,31H2,1-2H3,(H2,52,57)(H,56,72)(H,58,68)(H,60,69)(H,61,70)(H,62,65)(H3,53,55,71)/t37-,44-/m0/s1. The minimum Gasteiger partial charge on any atom is -0.492 e. The topological polar surface area (TPSA) is 334 Å². The van der Waals surface area contributed by atoms with E-state index in [0.717, 1.165) is 10.6 Å². The molecule has 0 aliphatic carbocycles. The van der Waals surface area contributed by atoms with Gasteiger partial charge in [-0.3, -0.25) is 38.7 Å². The largest absolute Gasteiger partial charge is 0.492 e. The third-order valence-electron chi connectivity index (χ3n) is 11.8. The van der Waals surface area contributed by atoms with Crippen molar-refractivity contribution in [3.8, 4) is 17.0 Å². The molecule has 2 atom stereocenters. The van der Waals surface area contributed by atoms with E-state index in [1.165, 1.54) is 18.3 Å². The molecule has 6 rings (SSSR count). The van der Waals surface area contributed by atoms with Gasteiger partial charge < -0.3 is 62.5 Å². The number of nitrogens with one attached hydrogen (secondary N) is 6. The second-order valence-electron chi connectivity index (χ2n) is 17.8. The van der Waals surface area contributed by atoms with Crippen LogP contribution in [0.5, 0.6) is 5.75 Å². The van der Waals surface area contributed by atoms with E-state index in [-0.39, 0.29) is 87.3 Å². The maximum Gasteiger partial charge on any atom is 0.407 e. The Labute approximate surface area is 433 Å². The summed E-state index contributed by atoms with van der Waals surface area (Å²) in [6, 6.07) is 12.6. The van der Waals surface area contributed by atoms with Crippen LogP contribution in [0.3, 0.4) is 0 Å². The third-order valence-corrected chi connectivity index (χ3v) is 11.8. The fourth-order valence-corrected chi connectivity index (χ4v) is 7.84. The number of ether oxygens (including phenoxy) is 3. The summed E-state index contributed by atoms with van der Waals surface area (Å²) in [5.74, 6) is -2.68. The number of hydrogen-bond donors (Lipinski definition) is 8. The predicted octanol–water partition coefficient (Wildman–Crippen LogP) is 3.01. The van der Waals surface area contributed by atoms with Crippen molar-refractivity contribution >= 4 is 70.4 Å². The summed E-state index contributed by atoms with van der Waals surface area (Å²) < 4.78 is 16.7. The van der Waals surface area contributed by atoms with E-state index in [1.807, 2.05) is 6.07 Å². The van der Waals surface area contributed by atoms with Crippen LogP contribution in [0, 0.1) is 5.92 Å². The molecule has 0 saturated carbocycles. The number of nitrogens with zero attached hydrogens (tertiary/aromatic N) is 5. The van der Waals surface area contributed by atoms with Crippen LogP contribution in [-0.4, -0.2) is 132 Å². The van der Waals surface area contributed by atoms with Crippen molar-refractivity contribution in [3.63, 3.8) is 0 Å². The lowest BCUT2D eigenvalue weighted by molar-refractivity contribution is -0.137. The molecule has 24 heteroatoms. The predicted molar refractivity (Wildman–Crippen MR) is 276 cm³/mol. The summed E-state index contributed by atoms with van der Waals surface area (Å²) in [7, 11) is 0. The van der Waals surface area contributed by atoms with Crippen LogP contribution in [0.2, 0.25) is 0 Å². The Bertz CT molecular complexity index is 2680. The highest BCUT2D eigenvalue weighted by molar-refractivity contribution is 6.13. The zero-order valence-electron chi connectivity index (χ0n) is 41.8. The number of morpholine rings is 1. The number of rotatable bonds is 26. The minimum absolute atomic E-state index is 0.0469. The zero-order chi connectivity index (χ0) is 53.7. The highest BCUT2D eigenvalue weighted by atomic mass is 16.5. The Morgan fingerprint density at radius 2 is 1.60 bits per heavy atom. The maximum absolute atomic E-state index is 13.6. The number of nitrogens with two attached hydrogens (primary N) is 2. The molecule has 9 amide bonds. The van der Waals surface area contributed by atoms with E-state index in [0.29, 0.717) is 79.5 Å². The molecule has 398 valence electrons. The Morgan fingerprint density at radius 1 is 0.840 bits per heavy atom. The number of pyridine rings is 1. The molecular weight excluding hydrogens is 971 g/mol. The van der Waals surface area contributed by atoms with Gasteiger partial charge in [-0.05, 0) is 67.5 Å². The Hall–Kier alpha value is -8.67. The molecule has 4 heterocycles. The van der Waals surface area contributed by atoms with E-state index in [2.05, 4.69) is 51.8 Å². The summed E-state index contributed by atoms with van der Waals surface area (Å²) in [6.45, 7) is 6.49. The molecule has 10 N–H and O–H groups in total. The molecule has 1 fully saturated rings. The number of carbonyl (C=O) groups excluding carboxylic acids is 8.